The number of carboxylic acid groups (broad SMARTS) is 1. The average molecular weight is 182 g/mol. The van der Waals surface area contributed by atoms with E-state index in [0.29, 0.717) is 12.5 Å². The van der Waals surface area contributed by atoms with Crippen molar-refractivity contribution in [1.82, 2.24) is 20.2 Å². The lowest BCUT2D eigenvalue weighted by Gasteiger charge is -1.96. The van der Waals surface area contributed by atoms with Crippen LogP contribution in [-0.4, -0.2) is 31.3 Å². The fraction of sp³-hybridized carbons (Fsp3) is 0.714. The zero-order valence-electron chi connectivity index (χ0n) is 7.00. The van der Waals surface area contributed by atoms with E-state index in [2.05, 4.69) is 15.5 Å². The van der Waals surface area contributed by atoms with Crippen molar-refractivity contribution >= 4 is 5.97 Å². The Labute approximate surface area is 74.6 Å². The van der Waals surface area contributed by atoms with Gasteiger partial charge in [-0.1, -0.05) is 0 Å². The van der Waals surface area contributed by atoms with E-state index in [0.717, 1.165) is 12.8 Å². The maximum atomic E-state index is 10.5. The second-order valence-corrected chi connectivity index (χ2v) is 3.30. The van der Waals surface area contributed by atoms with E-state index in [9.17, 15) is 4.79 Å². The van der Waals surface area contributed by atoms with Gasteiger partial charge in [0.1, 0.15) is 6.33 Å². The molecule has 2 atom stereocenters. The standard InChI is InChI=1S/C7H10N4O2/c12-7(13)6-3-5(6)1-2-11-4-8-9-10-11/h4-6H,1-3H2,(H,12,13)/t5-,6-/m1/s1. The van der Waals surface area contributed by atoms with Crippen molar-refractivity contribution in [3.63, 3.8) is 0 Å². The Kier molecular flexibility index (Phi) is 1.96. The summed E-state index contributed by atoms with van der Waals surface area (Å²) < 4.78 is 1.62. The van der Waals surface area contributed by atoms with E-state index < -0.39 is 5.97 Å². The summed E-state index contributed by atoms with van der Waals surface area (Å²) in [5.74, 6) is -0.486. The summed E-state index contributed by atoms with van der Waals surface area (Å²) in [4.78, 5) is 10.5. The Morgan fingerprint density at radius 3 is 3.08 bits per heavy atom. The Morgan fingerprint density at radius 2 is 2.54 bits per heavy atom. The van der Waals surface area contributed by atoms with E-state index in [-0.39, 0.29) is 5.92 Å². The molecule has 1 saturated carbocycles. The smallest absolute Gasteiger partial charge is 0.306 e. The third-order valence-electron chi connectivity index (χ3n) is 2.36. The van der Waals surface area contributed by atoms with Gasteiger partial charge in [-0.15, -0.1) is 5.10 Å². The third-order valence-corrected chi connectivity index (χ3v) is 2.36. The molecule has 1 aliphatic rings. The molecule has 0 bridgehead atoms. The number of hydrogen-bond acceptors (Lipinski definition) is 4. The molecule has 1 aromatic rings. The Balaban J connectivity index is 1.74. The van der Waals surface area contributed by atoms with Crippen LogP contribution in [-0.2, 0) is 11.3 Å². The molecule has 0 saturated heterocycles. The summed E-state index contributed by atoms with van der Waals surface area (Å²) >= 11 is 0. The summed E-state index contributed by atoms with van der Waals surface area (Å²) in [6, 6.07) is 0. The van der Waals surface area contributed by atoms with Gasteiger partial charge in [0.2, 0.25) is 0 Å². The first kappa shape index (κ1) is 8.15. The SMILES string of the molecule is O=C(O)[C@@H]1C[C@H]1CCn1cnnn1. The summed E-state index contributed by atoms with van der Waals surface area (Å²) in [5.41, 5.74) is 0. The molecule has 0 unspecified atom stereocenters. The highest BCUT2D eigenvalue weighted by molar-refractivity contribution is 5.73. The molecular weight excluding hydrogens is 172 g/mol. The van der Waals surface area contributed by atoms with Gasteiger partial charge >= 0.3 is 5.97 Å². The van der Waals surface area contributed by atoms with Crippen molar-refractivity contribution in [1.29, 1.82) is 0 Å². The van der Waals surface area contributed by atoms with Gasteiger partial charge in [-0.05, 0) is 29.2 Å². The van der Waals surface area contributed by atoms with Crippen LogP contribution in [0.4, 0.5) is 0 Å². The number of nitrogens with zero attached hydrogens (tertiary/aromatic N) is 4. The molecular formula is C7H10N4O2. The number of tetrazole rings is 1. The minimum atomic E-state index is -0.679. The molecule has 70 valence electrons. The van der Waals surface area contributed by atoms with Crippen molar-refractivity contribution < 1.29 is 9.90 Å². The first-order chi connectivity index (χ1) is 6.27. The first-order valence-electron chi connectivity index (χ1n) is 4.21. The first-order valence-corrected chi connectivity index (χ1v) is 4.21. The van der Waals surface area contributed by atoms with Crippen molar-refractivity contribution in [2.45, 2.75) is 19.4 Å². The molecule has 6 nitrogen and oxygen atoms in total. The fourth-order valence-corrected chi connectivity index (χ4v) is 1.45. The predicted molar refractivity (Wildman–Crippen MR) is 41.7 cm³/mol. The molecule has 6 heteroatoms. The predicted octanol–water partition coefficient (Wildman–Crippen LogP) is -0.216. The lowest BCUT2D eigenvalue weighted by Crippen LogP contribution is -2.03. The molecule has 13 heavy (non-hydrogen) atoms. The largest absolute Gasteiger partial charge is 0.481 e. The summed E-state index contributed by atoms with van der Waals surface area (Å²) in [6.07, 6.45) is 3.19. The van der Waals surface area contributed by atoms with Gasteiger partial charge in [-0.25, -0.2) is 4.68 Å². The van der Waals surface area contributed by atoms with Gasteiger partial charge in [0, 0.05) is 6.54 Å². The number of rotatable bonds is 4. The lowest BCUT2D eigenvalue weighted by molar-refractivity contribution is -0.138. The monoisotopic (exact) mass is 182 g/mol. The second kappa shape index (κ2) is 3.12. The average Bonchev–Trinajstić information content (AvgIpc) is 2.70. The maximum Gasteiger partial charge on any atom is 0.306 e. The van der Waals surface area contributed by atoms with E-state index in [4.69, 9.17) is 5.11 Å². The molecule has 1 aliphatic carbocycles. The van der Waals surface area contributed by atoms with Crippen molar-refractivity contribution in [2.24, 2.45) is 11.8 Å². The van der Waals surface area contributed by atoms with Crippen LogP contribution in [0.25, 0.3) is 0 Å². The van der Waals surface area contributed by atoms with Crippen LogP contribution < -0.4 is 0 Å². The third kappa shape index (κ3) is 1.82. The molecule has 1 N–H and O–H groups in total. The number of hydrogen-bond donors (Lipinski definition) is 1. The molecule has 1 aromatic heterocycles. The van der Waals surface area contributed by atoms with Crippen LogP contribution in [0.15, 0.2) is 6.33 Å². The van der Waals surface area contributed by atoms with Gasteiger partial charge in [-0.2, -0.15) is 0 Å². The van der Waals surface area contributed by atoms with Crippen LogP contribution in [0, 0.1) is 11.8 Å². The van der Waals surface area contributed by atoms with Crippen molar-refractivity contribution in [3.05, 3.63) is 6.33 Å². The maximum absolute atomic E-state index is 10.5. The zero-order valence-corrected chi connectivity index (χ0v) is 7.00. The highest BCUT2D eigenvalue weighted by Gasteiger charge is 2.42. The van der Waals surface area contributed by atoms with E-state index in [1.165, 1.54) is 6.33 Å². The van der Waals surface area contributed by atoms with E-state index >= 15 is 0 Å². The highest BCUT2D eigenvalue weighted by atomic mass is 16.4. The molecule has 2 rings (SSSR count). The number of aromatic nitrogens is 4. The molecule has 0 radical (unpaired) electrons. The van der Waals surface area contributed by atoms with Crippen LogP contribution >= 0.6 is 0 Å². The van der Waals surface area contributed by atoms with E-state index in [1.807, 2.05) is 0 Å². The highest BCUT2D eigenvalue weighted by Crippen LogP contribution is 2.41. The number of aliphatic carboxylic acids is 1. The van der Waals surface area contributed by atoms with Gasteiger partial charge in [-0.3, -0.25) is 4.79 Å². The van der Waals surface area contributed by atoms with Crippen LogP contribution in [0.2, 0.25) is 0 Å². The number of carboxylic acids is 1. The fourth-order valence-electron chi connectivity index (χ4n) is 1.45. The quantitative estimate of drug-likeness (QED) is 0.696. The van der Waals surface area contributed by atoms with Gasteiger partial charge in [0.25, 0.3) is 0 Å². The molecule has 0 spiro atoms. The van der Waals surface area contributed by atoms with Crippen LogP contribution in [0.5, 0.6) is 0 Å². The molecule has 1 heterocycles. The van der Waals surface area contributed by atoms with Crippen molar-refractivity contribution in [3.8, 4) is 0 Å². The minimum Gasteiger partial charge on any atom is -0.481 e. The molecule has 1 fully saturated rings. The van der Waals surface area contributed by atoms with Gasteiger partial charge < -0.3 is 5.11 Å². The Morgan fingerprint density at radius 1 is 1.69 bits per heavy atom. The summed E-state index contributed by atoms with van der Waals surface area (Å²) in [6.45, 7) is 0.710. The van der Waals surface area contributed by atoms with Crippen LogP contribution in [0.1, 0.15) is 12.8 Å². The summed E-state index contributed by atoms with van der Waals surface area (Å²) in [7, 11) is 0. The normalized spacial score (nSPS) is 25.8. The van der Waals surface area contributed by atoms with Gasteiger partial charge in [0.15, 0.2) is 0 Å². The Bertz CT molecular complexity index is 297. The summed E-state index contributed by atoms with van der Waals surface area (Å²) in [5, 5.41) is 19.3. The Hall–Kier alpha value is -1.46. The van der Waals surface area contributed by atoms with E-state index in [1.54, 1.807) is 4.68 Å². The van der Waals surface area contributed by atoms with Crippen molar-refractivity contribution in [2.75, 3.05) is 0 Å². The lowest BCUT2D eigenvalue weighted by atomic mass is 10.2. The molecule has 0 amide bonds. The molecule has 0 aliphatic heterocycles. The topological polar surface area (TPSA) is 80.9 Å². The van der Waals surface area contributed by atoms with Gasteiger partial charge in [0.05, 0.1) is 5.92 Å². The second-order valence-electron chi connectivity index (χ2n) is 3.30. The zero-order chi connectivity index (χ0) is 9.26. The number of carbonyl (C=O) groups is 1. The van der Waals surface area contributed by atoms with Crippen LogP contribution in [0.3, 0.4) is 0 Å². The minimum absolute atomic E-state index is 0.128. The molecule has 0 aromatic carbocycles. The number of aryl methyl sites for hydroxylation is 1.